The molecule has 2 rings (SSSR count). The summed E-state index contributed by atoms with van der Waals surface area (Å²) in [5.74, 6) is -0.0534. The maximum Gasteiger partial charge on any atom is 0.236 e. The van der Waals surface area contributed by atoms with Crippen molar-refractivity contribution in [3.63, 3.8) is 0 Å². The fourth-order valence-electron chi connectivity index (χ4n) is 2.22. The molecule has 1 amide bonds. The van der Waals surface area contributed by atoms with E-state index in [4.69, 9.17) is 5.73 Å². The Balaban J connectivity index is 0.00000220. The highest BCUT2D eigenvalue weighted by atomic mass is 35.5. The number of nitrogens with one attached hydrogen (secondary N) is 1. The van der Waals surface area contributed by atoms with Crippen LogP contribution >= 0.6 is 12.4 Å². The van der Waals surface area contributed by atoms with E-state index in [1.54, 1.807) is 0 Å². The van der Waals surface area contributed by atoms with E-state index in [1.165, 1.54) is 0 Å². The number of rotatable bonds is 7. The van der Waals surface area contributed by atoms with Crippen molar-refractivity contribution in [2.45, 2.75) is 38.8 Å². The van der Waals surface area contributed by atoms with E-state index in [2.05, 4.69) is 20.9 Å². The molecular weight excluding hydrogens is 288 g/mol. The van der Waals surface area contributed by atoms with Gasteiger partial charge in [-0.05, 0) is 25.0 Å². The van der Waals surface area contributed by atoms with Gasteiger partial charge >= 0.3 is 0 Å². The van der Waals surface area contributed by atoms with Crippen molar-refractivity contribution in [1.29, 1.82) is 0 Å². The second-order valence-corrected chi connectivity index (χ2v) is 4.97. The van der Waals surface area contributed by atoms with Crippen molar-refractivity contribution in [2.75, 3.05) is 6.54 Å². The molecule has 0 aliphatic rings. The van der Waals surface area contributed by atoms with Gasteiger partial charge < -0.3 is 15.6 Å². The number of halogens is 1. The van der Waals surface area contributed by atoms with Gasteiger partial charge in [-0.3, -0.25) is 4.79 Å². The van der Waals surface area contributed by atoms with Crippen LogP contribution in [0.5, 0.6) is 0 Å². The quantitative estimate of drug-likeness (QED) is 0.769. The molecule has 21 heavy (non-hydrogen) atoms. The van der Waals surface area contributed by atoms with Gasteiger partial charge in [0.15, 0.2) is 0 Å². The average molecular weight is 311 g/mol. The Hall–Kier alpha value is -1.59. The van der Waals surface area contributed by atoms with Crippen molar-refractivity contribution in [3.8, 4) is 0 Å². The Kier molecular flexibility index (Phi) is 7.19. The van der Waals surface area contributed by atoms with Crippen LogP contribution in [0.2, 0.25) is 0 Å². The molecular formula is C15H23ClN4O. The number of imidazole rings is 1. The highest BCUT2D eigenvalue weighted by Crippen LogP contribution is 2.11. The molecule has 1 unspecified atom stereocenters. The van der Waals surface area contributed by atoms with Gasteiger partial charge in [0, 0.05) is 13.1 Å². The van der Waals surface area contributed by atoms with E-state index in [9.17, 15) is 4.79 Å². The highest BCUT2D eigenvalue weighted by molar-refractivity contribution is 5.85. The average Bonchev–Trinajstić information content (AvgIpc) is 2.87. The smallest absolute Gasteiger partial charge is 0.236 e. The second kappa shape index (κ2) is 8.64. The Morgan fingerprint density at radius 1 is 1.43 bits per heavy atom. The van der Waals surface area contributed by atoms with Crippen LogP contribution in [-0.4, -0.2) is 28.0 Å². The fourth-order valence-corrected chi connectivity index (χ4v) is 2.22. The van der Waals surface area contributed by atoms with E-state index in [-0.39, 0.29) is 24.4 Å². The zero-order valence-electron chi connectivity index (χ0n) is 12.3. The lowest BCUT2D eigenvalue weighted by atomic mass is 10.2. The summed E-state index contributed by atoms with van der Waals surface area (Å²) >= 11 is 0. The molecule has 1 aromatic carbocycles. The topological polar surface area (TPSA) is 72.9 Å². The monoisotopic (exact) mass is 310 g/mol. The molecule has 3 N–H and O–H groups in total. The molecule has 0 aliphatic heterocycles. The number of carbonyl (C=O) groups excluding carboxylic acids is 1. The van der Waals surface area contributed by atoms with Crippen LogP contribution in [0, 0.1) is 0 Å². The lowest BCUT2D eigenvalue weighted by Gasteiger charge is -2.11. The Morgan fingerprint density at radius 2 is 2.19 bits per heavy atom. The number of nitrogens with zero attached hydrogens (tertiary/aromatic N) is 2. The number of para-hydroxylation sites is 2. The molecule has 6 heteroatoms. The maximum absolute atomic E-state index is 11.7. The number of carbonyl (C=O) groups is 1. The largest absolute Gasteiger partial charge is 0.355 e. The van der Waals surface area contributed by atoms with E-state index < -0.39 is 0 Å². The number of benzene rings is 1. The first-order valence-electron chi connectivity index (χ1n) is 7.15. The molecule has 0 spiro atoms. The van der Waals surface area contributed by atoms with Crippen molar-refractivity contribution >= 4 is 29.3 Å². The van der Waals surface area contributed by atoms with Crippen LogP contribution in [0.4, 0.5) is 0 Å². The summed E-state index contributed by atoms with van der Waals surface area (Å²) in [5.41, 5.74) is 7.88. The fraction of sp³-hybridized carbons (Fsp3) is 0.467. The summed E-state index contributed by atoms with van der Waals surface area (Å²) in [6.07, 6.45) is 4.37. The molecule has 1 heterocycles. The number of hydrogen-bond acceptors (Lipinski definition) is 3. The molecule has 1 atom stereocenters. The minimum atomic E-state index is -0.380. The van der Waals surface area contributed by atoms with Crippen LogP contribution < -0.4 is 11.1 Å². The first-order chi connectivity index (χ1) is 9.72. The third kappa shape index (κ3) is 4.72. The SMILES string of the molecule is CCCC(N)C(=O)NCCCn1cnc2ccccc21.Cl. The van der Waals surface area contributed by atoms with Crippen LogP contribution in [0.3, 0.4) is 0 Å². The molecule has 0 fully saturated rings. The van der Waals surface area contributed by atoms with E-state index >= 15 is 0 Å². The van der Waals surface area contributed by atoms with Crippen molar-refractivity contribution in [3.05, 3.63) is 30.6 Å². The predicted molar refractivity (Wildman–Crippen MR) is 87.5 cm³/mol. The first-order valence-corrected chi connectivity index (χ1v) is 7.15. The highest BCUT2D eigenvalue weighted by Gasteiger charge is 2.10. The van der Waals surface area contributed by atoms with Crippen molar-refractivity contribution in [1.82, 2.24) is 14.9 Å². The Labute approximate surface area is 131 Å². The number of aryl methyl sites for hydroxylation is 1. The summed E-state index contributed by atoms with van der Waals surface area (Å²) in [7, 11) is 0. The third-order valence-electron chi connectivity index (χ3n) is 3.34. The normalized spacial score (nSPS) is 11.9. The Morgan fingerprint density at radius 3 is 2.95 bits per heavy atom. The standard InChI is InChI=1S/C15H22N4O.ClH/c1-2-6-12(16)15(20)17-9-5-10-19-11-18-13-7-3-4-8-14(13)19;/h3-4,7-8,11-12H,2,5-6,9-10,16H2,1H3,(H,17,20);1H. The second-order valence-electron chi connectivity index (χ2n) is 4.97. The summed E-state index contributed by atoms with van der Waals surface area (Å²) in [6.45, 7) is 3.50. The zero-order valence-corrected chi connectivity index (χ0v) is 13.1. The van der Waals surface area contributed by atoms with Gasteiger partial charge in [-0.15, -0.1) is 12.4 Å². The van der Waals surface area contributed by atoms with Crippen LogP contribution in [-0.2, 0) is 11.3 Å². The molecule has 0 radical (unpaired) electrons. The minimum Gasteiger partial charge on any atom is -0.355 e. The molecule has 0 bridgehead atoms. The number of fused-ring (bicyclic) bond motifs is 1. The van der Waals surface area contributed by atoms with Gasteiger partial charge in [0.2, 0.25) is 5.91 Å². The third-order valence-corrected chi connectivity index (χ3v) is 3.34. The van der Waals surface area contributed by atoms with Crippen LogP contribution in [0.25, 0.3) is 11.0 Å². The predicted octanol–water partition coefficient (Wildman–Crippen LogP) is 2.09. The van der Waals surface area contributed by atoms with Gasteiger partial charge in [-0.25, -0.2) is 4.98 Å². The minimum absolute atomic E-state index is 0. The number of aromatic nitrogens is 2. The van der Waals surface area contributed by atoms with E-state index in [1.807, 2.05) is 31.5 Å². The van der Waals surface area contributed by atoms with E-state index in [0.29, 0.717) is 6.54 Å². The Bertz CT molecular complexity index is 570. The summed E-state index contributed by atoms with van der Waals surface area (Å²) in [6, 6.07) is 7.66. The van der Waals surface area contributed by atoms with Crippen LogP contribution in [0.1, 0.15) is 26.2 Å². The van der Waals surface area contributed by atoms with Gasteiger partial charge in [0.1, 0.15) is 0 Å². The maximum atomic E-state index is 11.7. The molecule has 2 aromatic rings. The lowest BCUT2D eigenvalue weighted by Crippen LogP contribution is -2.40. The molecule has 1 aromatic heterocycles. The van der Waals surface area contributed by atoms with E-state index in [0.717, 1.165) is 36.8 Å². The van der Waals surface area contributed by atoms with Crippen molar-refractivity contribution in [2.24, 2.45) is 5.73 Å². The van der Waals surface area contributed by atoms with Crippen molar-refractivity contribution < 1.29 is 4.79 Å². The number of hydrogen-bond donors (Lipinski definition) is 2. The first kappa shape index (κ1) is 17.5. The zero-order chi connectivity index (χ0) is 14.4. The summed E-state index contributed by atoms with van der Waals surface area (Å²) in [5, 5.41) is 2.88. The molecule has 5 nitrogen and oxygen atoms in total. The summed E-state index contributed by atoms with van der Waals surface area (Å²) < 4.78 is 2.10. The molecule has 116 valence electrons. The van der Waals surface area contributed by atoms with Gasteiger partial charge in [0.25, 0.3) is 0 Å². The molecule has 0 saturated heterocycles. The van der Waals surface area contributed by atoms with Crippen LogP contribution in [0.15, 0.2) is 30.6 Å². The summed E-state index contributed by atoms with van der Waals surface area (Å²) in [4.78, 5) is 16.0. The van der Waals surface area contributed by atoms with Gasteiger partial charge in [0.05, 0.1) is 23.4 Å². The number of nitrogens with two attached hydrogens (primary N) is 1. The lowest BCUT2D eigenvalue weighted by molar-refractivity contribution is -0.122. The van der Waals surface area contributed by atoms with Gasteiger partial charge in [-0.2, -0.15) is 0 Å². The van der Waals surface area contributed by atoms with Gasteiger partial charge in [-0.1, -0.05) is 25.5 Å². The molecule has 0 aliphatic carbocycles. The number of amides is 1. The molecule has 0 saturated carbocycles.